The summed E-state index contributed by atoms with van der Waals surface area (Å²) >= 11 is 10.6. The van der Waals surface area contributed by atoms with Gasteiger partial charge < -0.3 is 5.32 Å². The zero-order chi connectivity index (χ0) is 23.3. The summed E-state index contributed by atoms with van der Waals surface area (Å²) in [6.45, 7) is 2.65. The van der Waals surface area contributed by atoms with Gasteiger partial charge in [-0.25, -0.2) is 0 Å². The number of rotatable bonds is 10. The Labute approximate surface area is 213 Å². The number of nitrogens with one attached hydrogen (secondary N) is 2. The van der Waals surface area contributed by atoms with Crippen LogP contribution in [0.5, 0.6) is 0 Å². The van der Waals surface area contributed by atoms with Crippen molar-refractivity contribution in [2.75, 3.05) is 11.9 Å². The largest absolute Gasteiger partial charge is 0.331 e. The fourth-order valence-corrected chi connectivity index (χ4v) is 5.19. The number of benzene rings is 3. The third kappa shape index (κ3) is 8.74. The molecule has 0 fully saturated rings. The first-order valence-electron chi connectivity index (χ1n) is 10.3. The van der Waals surface area contributed by atoms with Crippen molar-refractivity contribution >= 4 is 74.1 Å². The van der Waals surface area contributed by atoms with E-state index in [2.05, 4.69) is 46.0 Å². The molecular weight excluding hydrogens is 485 g/mol. The maximum absolute atomic E-state index is 5.31. The maximum Gasteiger partial charge on any atom is 0.191 e. The molecule has 3 aromatic rings. The van der Waals surface area contributed by atoms with E-state index in [-0.39, 0.29) is 0 Å². The van der Waals surface area contributed by atoms with E-state index < -0.39 is 0 Å². The summed E-state index contributed by atoms with van der Waals surface area (Å²) < 4.78 is 0. The van der Waals surface area contributed by atoms with E-state index in [1.165, 1.54) is 0 Å². The van der Waals surface area contributed by atoms with Gasteiger partial charge in [0.1, 0.15) is 0 Å². The van der Waals surface area contributed by atoms with Crippen molar-refractivity contribution in [2.45, 2.75) is 23.1 Å². The second-order valence-corrected chi connectivity index (χ2v) is 9.99. The van der Waals surface area contributed by atoms with Crippen LogP contribution in [-0.4, -0.2) is 29.0 Å². The first-order chi connectivity index (χ1) is 16.2. The van der Waals surface area contributed by atoms with Gasteiger partial charge in [-0.05, 0) is 42.9 Å². The van der Waals surface area contributed by atoms with Crippen LogP contribution in [0.25, 0.3) is 0 Å². The molecule has 0 unspecified atom stereocenters. The van der Waals surface area contributed by atoms with E-state index in [1.54, 1.807) is 27.8 Å². The van der Waals surface area contributed by atoms with Crippen molar-refractivity contribution in [3.05, 3.63) is 90.0 Å². The topological polar surface area (TPSA) is 48.8 Å². The van der Waals surface area contributed by atoms with Crippen LogP contribution >= 0.6 is 46.0 Å². The van der Waals surface area contributed by atoms with E-state index >= 15 is 0 Å². The molecule has 0 radical (unpaired) electrons. The monoisotopic (exact) mass is 508 g/mol. The van der Waals surface area contributed by atoms with Crippen molar-refractivity contribution in [1.82, 2.24) is 5.43 Å². The van der Waals surface area contributed by atoms with Crippen molar-refractivity contribution in [1.29, 1.82) is 0 Å². The van der Waals surface area contributed by atoms with Crippen LogP contribution in [0.1, 0.15) is 24.5 Å². The zero-order valence-electron chi connectivity index (χ0n) is 18.1. The Balaban J connectivity index is 1.60. The Morgan fingerprint density at radius 2 is 1.39 bits per heavy atom. The standard InChI is InChI=1S/C25H24N4S4/c1-2-22(30)18-26-16-19-10-6-8-14-23(19)32-33-24-15-9-7-11-20(24)17-27-29-25(31)28-21-12-4-3-5-13-21/h3-17H,2,18H2,1H3,(H2,28,29,31)/b26-16?,27-17+. The minimum Gasteiger partial charge on any atom is -0.331 e. The quantitative estimate of drug-likeness (QED) is 0.133. The Morgan fingerprint density at radius 3 is 2.03 bits per heavy atom. The van der Waals surface area contributed by atoms with Gasteiger partial charge in [-0.15, -0.1) is 0 Å². The molecule has 0 aliphatic carbocycles. The highest BCUT2D eigenvalue weighted by Gasteiger charge is 2.06. The van der Waals surface area contributed by atoms with Gasteiger partial charge in [0, 0.05) is 37.7 Å². The summed E-state index contributed by atoms with van der Waals surface area (Å²) in [4.78, 5) is 7.71. The summed E-state index contributed by atoms with van der Waals surface area (Å²) in [6.07, 6.45) is 4.56. The molecule has 2 N–H and O–H groups in total. The molecule has 0 aliphatic rings. The van der Waals surface area contributed by atoms with Gasteiger partial charge >= 0.3 is 0 Å². The van der Waals surface area contributed by atoms with Gasteiger partial charge in [0.2, 0.25) is 0 Å². The highest BCUT2D eigenvalue weighted by molar-refractivity contribution is 8.76. The van der Waals surface area contributed by atoms with E-state index in [0.717, 1.165) is 37.9 Å². The van der Waals surface area contributed by atoms with Gasteiger partial charge in [0.05, 0.1) is 12.8 Å². The maximum atomic E-state index is 5.31. The fraction of sp³-hybridized carbons (Fsp3) is 0.120. The van der Waals surface area contributed by atoms with Gasteiger partial charge in [-0.3, -0.25) is 10.4 Å². The number of hydrogen-bond donors (Lipinski definition) is 2. The van der Waals surface area contributed by atoms with Crippen molar-refractivity contribution in [3.63, 3.8) is 0 Å². The third-order valence-corrected chi connectivity index (χ3v) is 7.48. The Bertz CT molecular complexity index is 1130. The number of hydrazone groups is 1. The molecule has 0 atom stereocenters. The summed E-state index contributed by atoms with van der Waals surface area (Å²) in [6, 6.07) is 26.1. The molecule has 168 valence electrons. The van der Waals surface area contributed by atoms with Gasteiger partial charge in [0.25, 0.3) is 0 Å². The molecule has 33 heavy (non-hydrogen) atoms. The molecule has 3 aromatic carbocycles. The van der Waals surface area contributed by atoms with Crippen LogP contribution < -0.4 is 10.7 Å². The molecule has 0 saturated heterocycles. The lowest BCUT2D eigenvalue weighted by atomic mass is 10.2. The molecule has 0 aromatic heterocycles. The molecule has 0 heterocycles. The van der Waals surface area contributed by atoms with E-state index in [0.29, 0.717) is 11.7 Å². The lowest BCUT2D eigenvalue weighted by Gasteiger charge is -2.08. The van der Waals surface area contributed by atoms with Crippen LogP contribution in [0.15, 0.2) is 98.7 Å². The first kappa shape index (κ1) is 25.1. The van der Waals surface area contributed by atoms with Crippen LogP contribution in [-0.2, 0) is 0 Å². The lowest BCUT2D eigenvalue weighted by molar-refractivity contribution is 1.05. The van der Waals surface area contributed by atoms with Gasteiger partial charge in [-0.2, -0.15) is 5.10 Å². The molecule has 3 rings (SSSR count). The minimum atomic E-state index is 0.438. The minimum absolute atomic E-state index is 0.438. The Morgan fingerprint density at radius 1 is 0.818 bits per heavy atom. The fourth-order valence-electron chi connectivity index (χ4n) is 2.61. The van der Waals surface area contributed by atoms with E-state index in [4.69, 9.17) is 24.4 Å². The van der Waals surface area contributed by atoms with Crippen LogP contribution in [0, 0.1) is 0 Å². The normalized spacial score (nSPS) is 11.1. The van der Waals surface area contributed by atoms with E-state index in [1.807, 2.05) is 66.9 Å². The SMILES string of the molecule is CCC(=S)CN=Cc1ccccc1SSc1ccccc1/C=N/NC(=S)Nc1ccccc1. The number of nitrogens with zero attached hydrogens (tertiary/aromatic N) is 2. The Kier molecular flexibility index (Phi) is 10.6. The average molecular weight is 509 g/mol. The number of para-hydroxylation sites is 1. The predicted molar refractivity (Wildman–Crippen MR) is 153 cm³/mol. The van der Waals surface area contributed by atoms with Gasteiger partial charge in [0.15, 0.2) is 5.11 Å². The molecule has 4 nitrogen and oxygen atoms in total. The first-order valence-corrected chi connectivity index (χ1v) is 13.3. The molecule has 0 bridgehead atoms. The van der Waals surface area contributed by atoms with Crippen molar-refractivity contribution in [2.24, 2.45) is 10.1 Å². The summed E-state index contributed by atoms with van der Waals surface area (Å²) in [7, 11) is 3.37. The molecular formula is C25H24N4S4. The van der Waals surface area contributed by atoms with Crippen molar-refractivity contribution < 1.29 is 0 Å². The van der Waals surface area contributed by atoms with Crippen LogP contribution in [0.3, 0.4) is 0 Å². The smallest absolute Gasteiger partial charge is 0.191 e. The second-order valence-electron chi connectivity index (χ2n) is 6.79. The number of hydrogen-bond acceptors (Lipinski definition) is 6. The average Bonchev–Trinajstić information content (AvgIpc) is 2.84. The highest BCUT2D eigenvalue weighted by Crippen LogP contribution is 2.39. The molecule has 0 spiro atoms. The number of anilines is 1. The molecule has 0 amide bonds. The number of thiocarbonyl (C=S) groups is 2. The lowest BCUT2D eigenvalue weighted by Crippen LogP contribution is -2.23. The summed E-state index contributed by atoms with van der Waals surface area (Å²) in [5, 5.41) is 7.84. The molecule has 0 aliphatic heterocycles. The molecule has 0 saturated carbocycles. The highest BCUT2D eigenvalue weighted by atomic mass is 33.1. The third-order valence-electron chi connectivity index (χ3n) is 4.35. The second kappa shape index (κ2) is 13.9. The van der Waals surface area contributed by atoms with Crippen LogP contribution in [0.4, 0.5) is 5.69 Å². The van der Waals surface area contributed by atoms with Crippen LogP contribution in [0.2, 0.25) is 0 Å². The van der Waals surface area contributed by atoms with E-state index in [9.17, 15) is 0 Å². The number of aliphatic imine (C=N–C) groups is 1. The summed E-state index contributed by atoms with van der Waals surface area (Å²) in [5.41, 5.74) is 5.87. The molecule has 8 heteroatoms. The van der Waals surface area contributed by atoms with Crippen molar-refractivity contribution in [3.8, 4) is 0 Å². The zero-order valence-corrected chi connectivity index (χ0v) is 21.4. The van der Waals surface area contributed by atoms with Gasteiger partial charge in [-0.1, -0.05) is 95.3 Å². The summed E-state index contributed by atoms with van der Waals surface area (Å²) in [5.74, 6) is 0. The Hall–Kier alpha value is -2.52. The predicted octanol–water partition coefficient (Wildman–Crippen LogP) is 7.01.